The normalized spacial score (nSPS) is 16.8. The van der Waals surface area contributed by atoms with Gasteiger partial charge in [-0.25, -0.2) is 4.79 Å². The van der Waals surface area contributed by atoms with Crippen LogP contribution >= 0.6 is 0 Å². The topological polar surface area (TPSA) is 55.8 Å². The van der Waals surface area contributed by atoms with Gasteiger partial charge in [0, 0.05) is 18.0 Å². The lowest BCUT2D eigenvalue weighted by Gasteiger charge is -2.35. The second kappa shape index (κ2) is 10.3. The van der Waals surface area contributed by atoms with Crippen molar-refractivity contribution in [2.24, 2.45) is 5.92 Å². The van der Waals surface area contributed by atoms with E-state index in [2.05, 4.69) is 0 Å². The SMILES string of the molecule is COc1ccc(CN2C(=O)CC(c3cccc(C(F)(F)F)c3)C(C(=O)OCC(C)C)=C2C)cc1. The summed E-state index contributed by atoms with van der Waals surface area (Å²) in [4.78, 5) is 27.7. The van der Waals surface area contributed by atoms with Crippen molar-refractivity contribution in [1.29, 1.82) is 0 Å². The molecule has 0 spiro atoms. The number of nitrogens with zero attached hydrogens (tertiary/aromatic N) is 1. The van der Waals surface area contributed by atoms with Gasteiger partial charge in [0.2, 0.25) is 5.91 Å². The fourth-order valence-corrected chi connectivity index (χ4v) is 3.92. The van der Waals surface area contributed by atoms with E-state index in [0.29, 0.717) is 11.4 Å². The van der Waals surface area contributed by atoms with E-state index in [4.69, 9.17) is 9.47 Å². The Balaban J connectivity index is 2.02. The van der Waals surface area contributed by atoms with E-state index < -0.39 is 23.6 Å². The lowest BCUT2D eigenvalue weighted by molar-refractivity contribution is -0.141. The Morgan fingerprint density at radius 3 is 2.41 bits per heavy atom. The minimum Gasteiger partial charge on any atom is -0.497 e. The Morgan fingerprint density at radius 1 is 1.15 bits per heavy atom. The maximum Gasteiger partial charge on any atom is 0.416 e. The number of hydrogen-bond donors (Lipinski definition) is 0. The van der Waals surface area contributed by atoms with E-state index >= 15 is 0 Å². The molecule has 8 heteroatoms. The number of esters is 1. The van der Waals surface area contributed by atoms with E-state index in [1.165, 1.54) is 17.0 Å². The Bertz CT molecular complexity index is 1070. The molecule has 0 aliphatic carbocycles. The molecule has 182 valence electrons. The van der Waals surface area contributed by atoms with Gasteiger partial charge in [-0.05, 0) is 42.2 Å². The van der Waals surface area contributed by atoms with Crippen molar-refractivity contribution in [3.05, 3.63) is 76.5 Å². The minimum atomic E-state index is -4.54. The fourth-order valence-electron chi connectivity index (χ4n) is 3.92. The number of rotatable bonds is 7. The summed E-state index contributed by atoms with van der Waals surface area (Å²) in [6.45, 7) is 5.79. The smallest absolute Gasteiger partial charge is 0.416 e. The average Bonchev–Trinajstić information content (AvgIpc) is 2.79. The van der Waals surface area contributed by atoms with Crippen molar-refractivity contribution >= 4 is 11.9 Å². The third-order valence-corrected chi connectivity index (χ3v) is 5.71. The minimum absolute atomic E-state index is 0.0810. The quantitative estimate of drug-likeness (QED) is 0.482. The molecule has 1 amide bonds. The van der Waals surface area contributed by atoms with Gasteiger partial charge in [-0.3, -0.25) is 4.79 Å². The van der Waals surface area contributed by atoms with Gasteiger partial charge in [-0.1, -0.05) is 44.2 Å². The van der Waals surface area contributed by atoms with Crippen LogP contribution in [0, 0.1) is 5.92 Å². The molecule has 0 bridgehead atoms. The predicted molar refractivity (Wildman–Crippen MR) is 121 cm³/mol. The Labute approximate surface area is 197 Å². The molecule has 2 aromatic rings. The first-order chi connectivity index (χ1) is 16.0. The van der Waals surface area contributed by atoms with Gasteiger partial charge < -0.3 is 14.4 Å². The van der Waals surface area contributed by atoms with Gasteiger partial charge in [-0.15, -0.1) is 0 Å². The summed E-state index contributed by atoms with van der Waals surface area (Å²) in [6.07, 6.45) is -4.67. The van der Waals surface area contributed by atoms with Gasteiger partial charge in [0.25, 0.3) is 0 Å². The molecule has 0 fully saturated rings. The van der Waals surface area contributed by atoms with Crippen molar-refractivity contribution in [2.45, 2.75) is 45.8 Å². The summed E-state index contributed by atoms with van der Waals surface area (Å²) >= 11 is 0. The van der Waals surface area contributed by atoms with Gasteiger partial charge in [0.15, 0.2) is 0 Å². The van der Waals surface area contributed by atoms with Crippen LogP contribution in [0.5, 0.6) is 5.75 Å². The lowest BCUT2D eigenvalue weighted by atomic mass is 9.83. The van der Waals surface area contributed by atoms with Crippen LogP contribution in [0.3, 0.4) is 0 Å². The number of hydrogen-bond acceptors (Lipinski definition) is 4. The number of alkyl halides is 3. The highest BCUT2D eigenvalue weighted by atomic mass is 19.4. The molecule has 2 aromatic carbocycles. The Morgan fingerprint density at radius 2 is 1.82 bits per heavy atom. The van der Waals surface area contributed by atoms with Crippen LogP contribution in [0.4, 0.5) is 13.2 Å². The summed E-state index contributed by atoms with van der Waals surface area (Å²) in [5.74, 6) is -0.986. The van der Waals surface area contributed by atoms with Crippen molar-refractivity contribution in [1.82, 2.24) is 4.90 Å². The van der Waals surface area contributed by atoms with E-state index in [9.17, 15) is 22.8 Å². The molecule has 0 radical (unpaired) electrons. The molecule has 0 aromatic heterocycles. The Kier molecular flexibility index (Phi) is 7.69. The summed E-state index contributed by atoms with van der Waals surface area (Å²) in [5.41, 5.74) is 0.825. The first-order valence-corrected chi connectivity index (χ1v) is 11.0. The van der Waals surface area contributed by atoms with Crippen LogP contribution in [0.25, 0.3) is 0 Å². The lowest BCUT2D eigenvalue weighted by Crippen LogP contribution is -2.38. The van der Waals surface area contributed by atoms with Crippen molar-refractivity contribution < 1.29 is 32.2 Å². The molecule has 34 heavy (non-hydrogen) atoms. The molecular formula is C26H28F3NO4. The zero-order valence-corrected chi connectivity index (χ0v) is 19.6. The number of methoxy groups -OCH3 is 1. The number of benzene rings is 2. The van der Waals surface area contributed by atoms with Crippen LogP contribution < -0.4 is 4.74 Å². The highest BCUT2D eigenvalue weighted by molar-refractivity contribution is 5.95. The second-order valence-corrected chi connectivity index (χ2v) is 8.70. The maximum absolute atomic E-state index is 13.3. The van der Waals surface area contributed by atoms with Gasteiger partial charge in [0.1, 0.15) is 5.75 Å². The number of carbonyl (C=O) groups excluding carboxylic acids is 2. The number of carbonyl (C=O) groups is 2. The molecule has 0 N–H and O–H groups in total. The second-order valence-electron chi connectivity index (χ2n) is 8.70. The summed E-state index contributed by atoms with van der Waals surface area (Å²) < 4.78 is 50.6. The van der Waals surface area contributed by atoms with Crippen molar-refractivity contribution in [3.63, 3.8) is 0 Å². The van der Waals surface area contributed by atoms with Gasteiger partial charge >= 0.3 is 12.1 Å². The maximum atomic E-state index is 13.3. The molecule has 5 nitrogen and oxygen atoms in total. The zero-order valence-electron chi connectivity index (χ0n) is 19.6. The number of ether oxygens (including phenoxy) is 2. The van der Waals surface area contributed by atoms with Gasteiger partial charge in [-0.2, -0.15) is 13.2 Å². The highest BCUT2D eigenvalue weighted by Gasteiger charge is 2.38. The number of allylic oxidation sites excluding steroid dienone is 1. The molecule has 1 heterocycles. The van der Waals surface area contributed by atoms with Crippen LogP contribution in [-0.4, -0.2) is 30.5 Å². The van der Waals surface area contributed by atoms with Crippen LogP contribution in [0.15, 0.2) is 59.8 Å². The molecule has 0 saturated heterocycles. The first kappa shape index (κ1) is 25.3. The van der Waals surface area contributed by atoms with E-state index in [1.54, 1.807) is 26.2 Å². The average molecular weight is 476 g/mol. The molecule has 3 rings (SSSR count). The molecule has 1 atom stereocenters. The summed E-state index contributed by atoms with van der Waals surface area (Å²) in [6, 6.07) is 11.9. The fraction of sp³-hybridized carbons (Fsp3) is 0.385. The van der Waals surface area contributed by atoms with Gasteiger partial charge in [0.05, 0.1) is 31.4 Å². The Hall–Kier alpha value is -3.29. The molecule has 1 aliphatic heterocycles. The number of amides is 1. The predicted octanol–water partition coefficient (Wildman–Crippen LogP) is 5.70. The zero-order chi connectivity index (χ0) is 25.0. The highest BCUT2D eigenvalue weighted by Crippen LogP contribution is 2.40. The first-order valence-electron chi connectivity index (χ1n) is 11.0. The summed E-state index contributed by atoms with van der Waals surface area (Å²) in [5, 5.41) is 0. The number of halogens is 3. The van der Waals surface area contributed by atoms with E-state index in [0.717, 1.165) is 17.7 Å². The monoisotopic (exact) mass is 475 g/mol. The van der Waals surface area contributed by atoms with Crippen molar-refractivity contribution in [2.75, 3.05) is 13.7 Å². The van der Waals surface area contributed by atoms with Crippen LogP contribution in [0.2, 0.25) is 0 Å². The molecule has 0 saturated carbocycles. The van der Waals surface area contributed by atoms with Crippen LogP contribution in [-0.2, 0) is 27.0 Å². The van der Waals surface area contributed by atoms with Crippen molar-refractivity contribution in [3.8, 4) is 5.75 Å². The standard InChI is InChI=1S/C26H28F3NO4/c1-16(2)15-34-25(32)24-17(3)30(14-18-8-10-21(33-4)11-9-18)23(31)13-22(24)19-6-5-7-20(12-19)26(27,28)29/h5-12,16,22H,13-15H2,1-4H3. The van der Waals surface area contributed by atoms with Crippen LogP contribution in [0.1, 0.15) is 49.8 Å². The molecular weight excluding hydrogens is 447 g/mol. The summed E-state index contributed by atoms with van der Waals surface area (Å²) in [7, 11) is 1.55. The van der Waals surface area contributed by atoms with E-state index in [1.807, 2.05) is 26.0 Å². The largest absolute Gasteiger partial charge is 0.497 e. The third kappa shape index (κ3) is 5.79. The molecule has 1 unspecified atom stereocenters. The molecule has 1 aliphatic rings. The van der Waals surface area contributed by atoms with E-state index in [-0.39, 0.29) is 42.5 Å². The third-order valence-electron chi connectivity index (χ3n) is 5.71.